The van der Waals surface area contributed by atoms with Crippen molar-refractivity contribution < 1.29 is 4.39 Å². The Morgan fingerprint density at radius 3 is 2.41 bits per heavy atom. The molecule has 0 aliphatic rings. The summed E-state index contributed by atoms with van der Waals surface area (Å²) < 4.78 is 16.9. The molecule has 0 saturated heterocycles. The highest BCUT2D eigenvalue weighted by Gasteiger charge is 2.21. The van der Waals surface area contributed by atoms with Gasteiger partial charge in [0.15, 0.2) is 0 Å². The monoisotopic (exact) mass is 367 g/mol. The molecule has 0 fully saturated rings. The van der Waals surface area contributed by atoms with Crippen molar-refractivity contribution in [1.29, 1.82) is 0 Å². The zero-order chi connectivity index (χ0) is 19.8. The minimum atomic E-state index is -0.224. The van der Waals surface area contributed by atoms with Gasteiger partial charge >= 0.3 is 0 Å². The lowest BCUT2D eigenvalue weighted by Crippen LogP contribution is -2.12. The van der Waals surface area contributed by atoms with Crippen LogP contribution in [-0.4, -0.2) is 16.8 Å². The van der Waals surface area contributed by atoms with Gasteiger partial charge in [-0.15, -0.1) is 0 Å². The van der Waals surface area contributed by atoms with E-state index in [1.54, 1.807) is 6.08 Å². The van der Waals surface area contributed by atoms with Crippen molar-refractivity contribution >= 4 is 5.57 Å². The second kappa shape index (κ2) is 10.0. The molecule has 0 bridgehead atoms. The first-order valence-electron chi connectivity index (χ1n) is 9.55. The molecule has 1 aromatic heterocycles. The fraction of sp³-hybridized carbons (Fsp3) is 0.348. The summed E-state index contributed by atoms with van der Waals surface area (Å²) in [5, 5.41) is 8.07. The predicted molar refractivity (Wildman–Crippen MR) is 113 cm³/mol. The van der Waals surface area contributed by atoms with Gasteiger partial charge in [-0.25, -0.2) is 9.07 Å². The molecule has 27 heavy (non-hydrogen) atoms. The molecule has 0 unspecified atom stereocenters. The maximum absolute atomic E-state index is 14.9. The molecule has 0 saturated carbocycles. The van der Waals surface area contributed by atoms with Gasteiger partial charge in [0.25, 0.3) is 0 Å². The number of nitrogens with one attached hydrogen (secondary N) is 1. The Bertz CT molecular complexity index is 838. The van der Waals surface area contributed by atoms with E-state index >= 15 is 0 Å². The standard InChI is InChI=1S/C23H30FN3/c1-6-11-21(24)20(15-14-17(3)4)23-19(7-2)22(16-25-5)27(26-23)18-12-9-8-10-13-18/h8-15,25H,6-7,16H2,1-5H3/b20-15+,21-11+. The first-order chi connectivity index (χ1) is 13.0. The Morgan fingerprint density at radius 2 is 1.85 bits per heavy atom. The molecule has 0 aliphatic carbocycles. The molecule has 2 rings (SSSR count). The third-order valence-electron chi connectivity index (χ3n) is 4.27. The molecular formula is C23H30FN3. The predicted octanol–water partition coefficient (Wildman–Crippen LogP) is 5.77. The summed E-state index contributed by atoms with van der Waals surface area (Å²) in [6.45, 7) is 8.71. The Morgan fingerprint density at radius 1 is 1.15 bits per heavy atom. The van der Waals surface area contributed by atoms with Gasteiger partial charge in [0.1, 0.15) is 5.83 Å². The molecule has 1 N–H and O–H groups in total. The number of hydrogen-bond donors (Lipinski definition) is 1. The van der Waals surface area contributed by atoms with Crippen LogP contribution < -0.4 is 5.32 Å². The summed E-state index contributed by atoms with van der Waals surface area (Å²) in [4.78, 5) is 0. The zero-order valence-corrected chi connectivity index (χ0v) is 17.0. The van der Waals surface area contributed by atoms with Crippen molar-refractivity contribution in [1.82, 2.24) is 15.1 Å². The van der Waals surface area contributed by atoms with E-state index in [-0.39, 0.29) is 5.83 Å². The second-order valence-electron chi connectivity index (χ2n) is 6.69. The molecule has 1 aromatic carbocycles. The first kappa shape index (κ1) is 20.8. The normalized spacial score (nSPS) is 12.4. The summed E-state index contributed by atoms with van der Waals surface area (Å²) in [5.41, 5.74) is 5.49. The third kappa shape index (κ3) is 5.04. The topological polar surface area (TPSA) is 29.9 Å². The lowest BCUT2D eigenvalue weighted by molar-refractivity contribution is 0.666. The van der Waals surface area contributed by atoms with Crippen LogP contribution in [0.3, 0.4) is 0 Å². The first-order valence-corrected chi connectivity index (χ1v) is 9.55. The van der Waals surface area contributed by atoms with Crippen LogP contribution in [0.1, 0.15) is 51.1 Å². The van der Waals surface area contributed by atoms with Crippen LogP contribution in [0.2, 0.25) is 0 Å². The van der Waals surface area contributed by atoms with Gasteiger partial charge in [0, 0.05) is 17.7 Å². The fourth-order valence-electron chi connectivity index (χ4n) is 3.02. The van der Waals surface area contributed by atoms with E-state index in [1.807, 2.05) is 75.0 Å². The fourth-order valence-corrected chi connectivity index (χ4v) is 3.02. The van der Waals surface area contributed by atoms with Crippen LogP contribution in [-0.2, 0) is 13.0 Å². The maximum atomic E-state index is 14.9. The molecule has 3 nitrogen and oxygen atoms in total. The molecule has 0 aliphatic heterocycles. The van der Waals surface area contributed by atoms with Crippen molar-refractivity contribution in [3.05, 3.63) is 76.9 Å². The summed E-state index contributed by atoms with van der Waals surface area (Å²) >= 11 is 0. The van der Waals surface area contributed by atoms with Gasteiger partial charge in [-0.2, -0.15) is 5.10 Å². The minimum absolute atomic E-state index is 0.224. The van der Waals surface area contributed by atoms with Crippen LogP contribution in [0.15, 0.2) is 60.0 Å². The molecule has 1 heterocycles. The zero-order valence-electron chi connectivity index (χ0n) is 17.0. The van der Waals surface area contributed by atoms with Gasteiger partial charge in [0.2, 0.25) is 0 Å². The summed E-state index contributed by atoms with van der Waals surface area (Å²) in [6, 6.07) is 10.0. The molecule has 0 amide bonds. The lowest BCUT2D eigenvalue weighted by Gasteiger charge is -2.08. The molecule has 2 aromatic rings. The van der Waals surface area contributed by atoms with Gasteiger partial charge in [-0.3, -0.25) is 0 Å². The minimum Gasteiger partial charge on any atom is -0.314 e. The van der Waals surface area contributed by atoms with Crippen LogP contribution in [0.25, 0.3) is 11.3 Å². The van der Waals surface area contributed by atoms with Gasteiger partial charge in [-0.05, 0) is 58.0 Å². The average Bonchev–Trinajstić information content (AvgIpc) is 3.01. The SMILES string of the molecule is CC/C=C(F)\C(=C/C=C(C)C)c1nn(-c2ccccc2)c(CNC)c1CC. The van der Waals surface area contributed by atoms with E-state index < -0.39 is 0 Å². The highest BCUT2D eigenvalue weighted by atomic mass is 19.1. The van der Waals surface area contributed by atoms with Crippen LogP contribution >= 0.6 is 0 Å². The number of hydrogen-bond acceptors (Lipinski definition) is 2. The molecule has 0 spiro atoms. The van der Waals surface area contributed by atoms with Crippen LogP contribution in [0.4, 0.5) is 4.39 Å². The van der Waals surface area contributed by atoms with E-state index in [2.05, 4.69) is 12.2 Å². The van der Waals surface area contributed by atoms with Crippen molar-refractivity contribution in [2.24, 2.45) is 0 Å². The largest absolute Gasteiger partial charge is 0.314 e. The highest BCUT2D eigenvalue weighted by molar-refractivity contribution is 5.78. The Hall–Kier alpha value is -2.46. The quantitative estimate of drug-likeness (QED) is 0.601. The van der Waals surface area contributed by atoms with Crippen LogP contribution in [0, 0.1) is 0 Å². The van der Waals surface area contributed by atoms with E-state index in [1.165, 1.54) is 0 Å². The number of nitrogens with zero attached hydrogens (tertiary/aromatic N) is 2. The lowest BCUT2D eigenvalue weighted by atomic mass is 10.0. The summed E-state index contributed by atoms with van der Waals surface area (Å²) in [6.07, 6.45) is 6.82. The number of allylic oxidation sites excluding steroid dienone is 6. The third-order valence-corrected chi connectivity index (χ3v) is 4.27. The van der Waals surface area contributed by atoms with E-state index in [0.717, 1.165) is 28.9 Å². The Labute approximate surface area is 162 Å². The number of para-hydroxylation sites is 1. The number of aromatic nitrogens is 2. The van der Waals surface area contributed by atoms with E-state index in [9.17, 15) is 4.39 Å². The molecule has 0 radical (unpaired) electrons. The number of halogens is 1. The summed E-state index contributed by atoms with van der Waals surface area (Å²) in [5.74, 6) is -0.224. The number of rotatable bonds is 8. The molecule has 4 heteroatoms. The Kier molecular flexibility index (Phi) is 7.74. The highest BCUT2D eigenvalue weighted by Crippen LogP contribution is 2.31. The molecular weight excluding hydrogens is 337 g/mol. The van der Waals surface area contributed by atoms with Gasteiger partial charge < -0.3 is 5.32 Å². The molecule has 144 valence electrons. The summed E-state index contributed by atoms with van der Waals surface area (Å²) in [7, 11) is 1.92. The second-order valence-corrected chi connectivity index (χ2v) is 6.69. The molecule has 0 atom stereocenters. The van der Waals surface area contributed by atoms with Gasteiger partial charge in [-0.1, -0.05) is 43.7 Å². The van der Waals surface area contributed by atoms with Gasteiger partial charge in [0.05, 0.1) is 17.1 Å². The Balaban J connectivity index is 2.75. The van der Waals surface area contributed by atoms with Crippen molar-refractivity contribution in [3.63, 3.8) is 0 Å². The van der Waals surface area contributed by atoms with Crippen LogP contribution in [0.5, 0.6) is 0 Å². The average molecular weight is 368 g/mol. The number of benzene rings is 1. The van der Waals surface area contributed by atoms with E-state index in [0.29, 0.717) is 24.2 Å². The smallest absolute Gasteiger partial charge is 0.128 e. The van der Waals surface area contributed by atoms with Crippen molar-refractivity contribution in [3.8, 4) is 5.69 Å². The van der Waals surface area contributed by atoms with Crippen molar-refractivity contribution in [2.75, 3.05) is 7.05 Å². The van der Waals surface area contributed by atoms with E-state index in [4.69, 9.17) is 5.10 Å². The van der Waals surface area contributed by atoms with Crippen molar-refractivity contribution in [2.45, 2.75) is 47.1 Å². The maximum Gasteiger partial charge on any atom is 0.128 e.